The van der Waals surface area contributed by atoms with Crippen molar-refractivity contribution in [3.8, 4) is 0 Å². The van der Waals surface area contributed by atoms with Gasteiger partial charge in [-0.15, -0.1) is 11.6 Å². The van der Waals surface area contributed by atoms with Crippen molar-refractivity contribution in [1.29, 1.82) is 0 Å². The van der Waals surface area contributed by atoms with Gasteiger partial charge in [0, 0.05) is 17.9 Å². The third-order valence-electron chi connectivity index (χ3n) is 3.23. The molecule has 0 spiro atoms. The summed E-state index contributed by atoms with van der Waals surface area (Å²) in [7, 11) is 0. The van der Waals surface area contributed by atoms with Gasteiger partial charge in [0.1, 0.15) is 0 Å². The van der Waals surface area contributed by atoms with E-state index in [-0.39, 0.29) is 11.8 Å². The Hall–Kier alpha value is -1.26. The number of benzene rings is 1. The predicted octanol–water partition coefficient (Wildman–Crippen LogP) is 1.93. The lowest BCUT2D eigenvalue weighted by Gasteiger charge is -2.17. The maximum atomic E-state index is 11.8. The molecule has 0 aromatic heterocycles. The second kappa shape index (κ2) is 4.78. The van der Waals surface area contributed by atoms with Gasteiger partial charge in [-0.2, -0.15) is 0 Å². The average Bonchev–Trinajstić information content (AvgIpc) is 2.57. The highest BCUT2D eigenvalue weighted by Gasteiger charge is 2.38. The topological polar surface area (TPSA) is 61.4 Å². The van der Waals surface area contributed by atoms with Crippen LogP contribution in [0.4, 0.5) is 11.4 Å². The standard InChI is InChI=1S/C13H17ClN2O2/c1-13(2)10-5-8(15-7-9(17)6-14)3-4-11(10)16-12(13)18/h3-5,9,15,17H,6-7H2,1-2H3,(H,16,18). The highest BCUT2D eigenvalue weighted by Crippen LogP contribution is 2.38. The lowest BCUT2D eigenvalue weighted by molar-refractivity contribution is -0.119. The molecule has 18 heavy (non-hydrogen) atoms. The van der Waals surface area contributed by atoms with Crippen LogP contribution in [0.15, 0.2) is 18.2 Å². The highest BCUT2D eigenvalue weighted by molar-refractivity contribution is 6.18. The van der Waals surface area contributed by atoms with Crippen LogP contribution < -0.4 is 10.6 Å². The number of alkyl halides is 1. The molecule has 1 amide bonds. The zero-order chi connectivity index (χ0) is 13.3. The number of rotatable bonds is 4. The second-order valence-corrected chi connectivity index (χ2v) is 5.34. The molecular weight excluding hydrogens is 252 g/mol. The van der Waals surface area contributed by atoms with Gasteiger partial charge in [-0.05, 0) is 37.6 Å². The van der Waals surface area contributed by atoms with Crippen molar-refractivity contribution in [3.63, 3.8) is 0 Å². The second-order valence-electron chi connectivity index (χ2n) is 5.03. The van der Waals surface area contributed by atoms with Crippen LogP contribution in [0.25, 0.3) is 0 Å². The molecule has 98 valence electrons. The number of aliphatic hydroxyl groups excluding tert-OH is 1. The van der Waals surface area contributed by atoms with E-state index < -0.39 is 11.5 Å². The third-order valence-corrected chi connectivity index (χ3v) is 3.58. The normalized spacial score (nSPS) is 18.1. The number of amides is 1. The molecule has 1 atom stereocenters. The Bertz CT molecular complexity index is 474. The van der Waals surface area contributed by atoms with Crippen molar-refractivity contribution in [1.82, 2.24) is 0 Å². The number of nitrogens with one attached hydrogen (secondary N) is 2. The Kier molecular flexibility index (Phi) is 3.50. The first-order valence-electron chi connectivity index (χ1n) is 5.89. The summed E-state index contributed by atoms with van der Waals surface area (Å²) in [5.41, 5.74) is 2.19. The molecule has 0 fully saturated rings. The summed E-state index contributed by atoms with van der Waals surface area (Å²) in [5.74, 6) is 0.208. The molecule has 1 unspecified atom stereocenters. The van der Waals surface area contributed by atoms with E-state index in [4.69, 9.17) is 11.6 Å². The minimum Gasteiger partial charge on any atom is -0.390 e. The SMILES string of the molecule is CC1(C)C(=O)Nc2ccc(NCC(O)CCl)cc21. The monoisotopic (exact) mass is 268 g/mol. The number of halogens is 1. The van der Waals surface area contributed by atoms with E-state index in [9.17, 15) is 9.90 Å². The van der Waals surface area contributed by atoms with Gasteiger partial charge in [-0.25, -0.2) is 0 Å². The zero-order valence-electron chi connectivity index (χ0n) is 10.5. The molecule has 5 heteroatoms. The van der Waals surface area contributed by atoms with Gasteiger partial charge >= 0.3 is 0 Å². The summed E-state index contributed by atoms with van der Waals surface area (Å²) in [4.78, 5) is 11.8. The molecule has 0 saturated carbocycles. The summed E-state index contributed by atoms with van der Waals surface area (Å²) in [5, 5.41) is 15.4. The molecule has 4 nitrogen and oxygen atoms in total. The fourth-order valence-corrected chi connectivity index (χ4v) is 2.08. The van der Waals surface area contributed by atoms with E-state index in [1.54, 1.807) is 0 Å². The van der Waals surface area contributed by atoms with E-state index >= 15 is 0 Å². The molecule has 0 aliphatic carbocycles. The molecule has 1 aliphatic heterocycles. The minimum absolute atomic E-state index is 0.00967. The highest BCUT2D eigenvalue weighted by atomic mass is 35.5. The fourth-order valence-electron chi connectivity index (χ4n) is 1.97. The first-order valence-corrected chi connectivity index (χ1v) is 6.42. The van der Waals surface area contributed by atoms with E-state index in [1.807, 2.05) is 32.0 Å². The Balaban J connectivity index is 2.18. The van der Waals surface area contributed by atoms with Gasteiger partial charge in [0.25, 0.3) is 0 Å². The van der Waals surface area contributed by atoms with Crippen molar-refractivity contribution < 1.29 is 9.90 Å². The number of anilines is 2. The molecule has 0 bridgehead atoms. The summed E-state index contributed by atoms with van der Waals surface area (Å²) >= 11 is 5.53. The molecule has 0 saturated heterocycles. The van der Waals surface area contributed by atoms with Crippen LogP contribution in [0.3, 0.4) is 0 Å². The lowest BCUT2D eigenvalue weighted by atomic mass is 9.86. The predicted molar refractivity (Wildman–Crippen MR) is 73.3 cm³/mol. The zero-order valence-corrected chi connectivity index (χ0v) is 11.2. The van der Waals surface area contributed by atoms with E-state index in [2.05, 4.69) is 10.6 Å². The van der Waals surface area contributed by atoms with E-state index in [0.717, 1.165) is 16.9 Å². The van der Waals surface area contributed by atoms with Gasteiger partial charge in [0.2, 0.25) is 5.91 Å². The minimum atomic E-state index is -0.576. The summed E-state index contributed by atoms with van der Waals surface area (Å²) in [6.07, 6.45) is -0.576. The van der Waals surface area contributed by atoms with Crippen molar-refractivity contribution in [2.45, 2.75) is 25.4 Å². The first kappa shape index (κ1) is 13.2. The fraction of sp³-hybridized carbons (Fsp3) is 0.462. The van der Waals surface area contributed by atoms with Crippen molar-refractivity contribution in [2.24, 2.45) is 0 Å². The van der Waals surface area contributed by atoms with Crippen LogP contribution >= 0.6 is 11.6 Å². The summed E-state index contributed by atoms with van der Waals surface area (Å²) < 4.78 is 0. The van der Waals surface area contributed by atoms with Crippen LogP contribution in [0.1, 0.15) is 19.4 Å². The summed E-state index contributed by atoms with van der Waals surface area (Å²) in [6.45, 7) is 4.18. The third kappa shape index (κ3) is 2.31. The number of hydrogen-bond acceptors (Lipinski definition) is 3. The molecule has 2 rings (SSSR count). The molecule has 1 aromatic rings. The van der Waals surface area contributed by atoms with Gasteiger partial charge < -0.3 is 15.7 Å². The van der Waals surface area contributed by atoms with E-state index in [0.29, 0.717) is 6.54 Å². The quantitative estimate of drug-likeness (QED) is 0.731. The molecular formula is C13H17ClN2O2. The molecule has 0 radical (unpaired) electrons. The number of hydrogen-bond donors (Lipinski definition) is 3. The van der Waals surface area contributed by atoms with E-state index in [1.165, 1.54) is 0 Å². The molecule has 1 heterocycles. The molecule has 3 N–H and O–H groups in total. The first-order chi connectivity index (χ1) is 8.45. The van der Waals surface area contributed by atoms with Crippen LogP contribution in [-0.4, -0.2) is 29.5 Å². The Morgan fingerprint density at radius 1 is 1.50 bits per heavy atom. The Morgan fingerprint density at radius 3 is 2.89 bits per heavy atom. The maximum absolute atomic E-state index is 11.8. The lowest BCUT2D eigenvalue weighted by Crippen LogP contribution is -2.27. The molecule has 1 aliphatic rings. The molecule has 1 aromatic carbocycles. The van der Waals surface area contributed by atoms with Crippen molar-refractivity contribution >= 4 is 28.9 Å². The van der Waals surface area contributed by atoms with Gasteiger partial charge in [-0.3, -0.25) is 4.79 Å². The Labute approximate surface area is 111 Å². The van der Waals surface area contributed by atoms with Gasteiger partial charge in [0.15, 0.2) is 0 Å². The number of carbonyl (C=O) groups excluding carboxylic acids is 1. The Morgan fingerprint density at radius 2 is 2.22 bits per heavy atom. The summed E-state index contributed by atoms with van der Waals surface area (Å²) in [6, 6.07) is 5.69. The van der Waals surface area contributed by atoms with Crippen LogP contribution in [0, 0.1) is 0 Å². The largest absolute Gasteiger partial charge is 0.390 e. The smallest absolute Gasteiger partial charge is 0.234 e. The average molecular weight is 269 g/mol. The van der Waals surface area contributed by atoms with Crippen molar-refractivity contribution in [3.05, 3.63) is 23.8 Å². The number of carbonyl (C=O) groups is 1. The number of fused-ring (bicyclic) bond motifs is 1. The number of aliphatic hydroxyl groups is 1. The van der Waals surface area contributed by atoms with Crippen LogP contribution in [0.2, 0.25) is 0 Å². The van der Waals surface area contributed by atoms with Gasteiger partial charge in [0.05, 0.1) is 17.4 Å². The van der Waals surface area contributed by atoms with Crippen molar-refractivity contribution in [2.75, 3.05) is 23.1 Å². The maximum Gasteiger partial charge on any atom is 0.234 e. The van der Waals surface area contributed by atoms with Crippen LogP contribution in [-0.2, 0) is 10.2 Å². The van der Waals surface area contributed by atoms with Crippen LogP contribution in [0.5, 0.6) is 0 Å². The van der Waals surface area contributed by atoms with Gasteiger partial charge in [-0.1, -0.05) is 0 Å².